The van der Waals surface area contributed by atoms with Gasteiger partial charge < -0.3 is 9.47 Å². The molecule has 1 saturated heterocycles. The van der Waals surface area contributed by atoms with Gasteiger partial charge in [0.2, 0.25) is 0 Å². The molecule has 0 spiro atoms. The van der Waals surface area contributed by atoms with Crippen LogP contribution in [-0.4, -0.2) is 56.5 Å². The van der Waals surface area contributed by atoms with E-state index >= 15 is 0 Å². The molecule has 1 aromatic carbocycles. The average molecular weight is 407 g/mol. The van der Waals surface area contributed by atoms with Crippen molar-refractivity contribution in [2.45, 2.75) is 32.6 Å². The monoisotopic (exact) mass is 406 g/mol. The number of morpholine rings is 1. The lowest BCUT2D eigenvalue weighted by Gasteiger charge is -2.36. The van der Waals surface area contributed by atoms with Crippen LogP contribution in [0.15, 0.2) is 22.7 Å². The van der Waals surface area contributed by atoms with Crippen LogP contribution in [0.5, 0.6) is 5.75 Å². The Morgan fingerprint density at radius 3 is 2.52 bits per heavy atom. The second kappa shape index (κ2) is 7.48. The first-order valence-corrected chi connectivity index (χ1v) is 9.62. The normalized spacial score (nSPS) is 23.2. The van der Waals surface area contributed by atoms with Crippen molar-refractivity contribution in [2.75, 3.05) is 27.2 Å². The van der Waals surface area contributed by atoms with Gasteiger partial charge in [-0.3, -0.25) is 0 Å². The smallest absolute Gasteiger partial charge is 0.282 e. The highest BCUT2D eigenvalue weighted by atomic mass is 79.9. The Hall–Kier alpha value is -0.670. The molecule has 1 aromatic rings. The summed E-state index contributed by atoms with van der Waals surface area (Å²) in [6.45, 7) is 4.75. The number of rotatable bonds is 5. The molecule has 0 bridgehead atoms. The van der Waals surface area contributed by atoms with Crippen molar-refractivity contribution < 1.29 is 17.9 Å². The fraction of sp³-hybridized carbons (Fsp3) is 0.600. The maximum atomic E-state index is 12.8. The van der Waals surface area contributed by atoms with E-state index in [-0.39, 0.29) is 18.8 Å². The van der Waals surface area contributed by atoms with Gasteiger partial charge in [-0.2, -0.15) is 17.0 Å². The number of halogens is 1. The number of benzene rings is 1. The Labute approximate surface area is 146 Å². The number of nitrogens with zero attached hydrogens (tertiary/aromatic N) is 2. The highest BCUT2D eigenvalue weighted by Gasteiger charge is 2.33. The standard InChI is InChI=1S/C15H23BrN2O4S/c1-11-8-18(9-12(2)22-11)23(19,20)17(3)10-13-7-14(16)5-6-15(13)21-4/h5-7,11-12H,8-10H2,1-4H3/t11-,12+. The zero-order valence-corrected chi connectivity index (χ0v) is 16.2. The molecule has 2 atom stereocenters. The van der Waals surface area contributed by atoms with Gasteiger partial charge in [-0.05, 0) is 32.0 Å². The van der Waals surface area contributed by atoms with Crippen molar-refractivity contribution in [1.29, 1.82) is 0 Å². The van der Waals surface area contributed by atoms with Crippen LogP contribution in [0.3, 0.4) is 0 Å². The molecule has 0 aliphatic carbocycles. The van der Waals surface area contributed by atoms with Crippen molar-refractivity contribution in [3.63, 3.8) is 0 Å². The zero-order chi connectivity index (χ0) is 17.2. The van der Waals surface area contributed by atoms with Gasteiger partial charge in [-0.15, -0.1) is 0 Å². The van der Waals surface area contributed by atoms with Gasteiger partial charge >= 0.3 is 0 Å². The molecule has 2 rings (SSSR count). The Morgan fingerprint density at radius 1 is 1.35 bits per heavy atom. The third-order valence-electron chi connectivity index (χ3n) is 3.74. The van der Waals surface area contributed by atoms with Gasteiger partial charge in [0.25, 0.3) is 10.2 Å². The molecule has 23 heavy (non-hydrogen) atoms. The summed E-state index contributed by atoms with van der Waals surface area (Å²) in [6.07, 6.45) is -0.218. The molecule has 1 heterocycles. The second-order valence-electron chi connectivity index (χ2n) is 5.79. The second-order valence-corrected chi connectivity index (χ2v) is 8.75. The molecule has 1 aliphatic heterocycles. The van der Waals surface area contributed by atoms with Crippen LogP contribution in [0.4, 0.5) is 0 Å². The summed E-state index contributed by atoms with van der Waals surface area (Å²) in [6, 6.07) is 5.55. The molecule has 1 aliphatic rings. The van der Waals surface area contributed by atoms with Crippen molar-refractivity contribution in [2.24, 2.45) is 0 Å². The maximum absolute atomic E-state index is 12.8. The van der Waals surface area contributed by atoms with Crippen LogP contribution in [0.2, 0.25) is 0 Å². The summed E-state index contributed by atoms with van der Waals surface area (Å²) < 4.78 is 40.3. The van der Waals surface area contributed by atoms with E-state index in [9.17, 15) is 8.42 Å². The van der Waals surface area contributed by atoms with E-state index in [0.29, 0.717) is 18.8 Å². The molecule has 0 unspecified atom stereocenters. The van der Waals surface area contributed by atoms with E-state index in [0.717, 1.165) is 10.0 Å². The molecule has 0 aromatic heterocycles. The number of hydrogen-bond acceptors (Lipinski definition) is 4. The Bertz CT molecular complexity index is 643. The van der Waals surface area contributed by atoms with E-state index in [1.54, 1.807) is 14.2 Å². The zero-order valence-electron chi connectivity index (χ0n) is 13.8. The van der Waals surface area contributed by atoms with Gasteiger partial charge in [-0.25, -0.2) is 0 Å². The number of methoxy groups -OCH3 is 1. The van der Waals surface area contributed by atoms with Crippen LogP contribution in [0, 0.1) is 0 Å². The predicted molar refractivity (Wildman–Crippen MR) is 92.7 cm³/mol. The van der Waals surface area contributed by atoms with E-state index in [1.807, 2.05) is 32.0 Å². The molecule has 0 amide bonds. The van der Waals surface area contributed by atoms with E-state index in [2.05, 4.69) is 15.9 Å². The molecule has 0 radical (unpaired) electrons. The van der Waals surface area contributed by atoms with E-state index < -0.39 is 10.2 Å². The fourth-order valence-corrected chi connectivity index (χ4v) is 4.61. The largest absolute Gasteiger partial charge is 0.496 e. The van der Waals surface area contributed by atoms with Crippen LogP contribution in [-0.2, 0) is 21.5 Å². The summed E-state index contributed by atoms with van der Waals surface area (Å²) in [5.41, 5.74) is 0.808. The lowest BCUT2D eigenvalue weighted by Crippen LogP contribution is -2.52. The van der Waals surface area contributed by atoms with Gasteiger partial charge in [0.05, 0.1) is 19.3 Å². The molecule has 130 valence electrons. The van der Waals surface area contributed by atoms with Crippen molar-refractivity contribution in [1.82, 2.24) is 8.61 Å². The Morgan fingerprint density at radius 2 is 1.96 bits per heavy atom. The third-order valence-corrected chi connectivity index (χ3v) is 6.10. The van der Waals surface area contributed by atoms with Gasteiger partial charge in [0.15, 0.2) is 0 Å². The summed E-state index contributed by atoms with van der Waals surface area (Å²) in [5.74, 6) is 0.666. The lowest BCUT2D eigenvalue weighted by atomic mass is 10.2. The quantitative estimate of drug-likeness (QED) is 0.752. The van der Waals surface area contributed by atoms with Crippen LogP contribution >= 0.6 is 15.9 Å². The summed E-state index contributed by atoms with van der Waals surface area (Å²) in [4.78, 5) is 0. The van der Waals surface area contributed by atoms with Crippen molar-refractivity contribution in [3.8, 4) is 5.75 Å². The first-order valence-electron chi connectivity index (χ1n) is 7.43. The highest BCUT2D eigenvalue weighted by molar-refractivity contribution is 9.10. The fourth-order valence-electron chi connectivity index (χ4n) is 2.71. The van der Waals surface area contributed by atoms with Gasteiger partial charge in [0, 0.05) is 36.7 Å². The number of hydrogen-bond donors (Lipinski definition) is 0. The van der Waals surface area contributed by atoms with Crippen LogP contribution in [0.25, 0.3) is 0 Å². The topological polar surface area (TPSA) is 59.1 Å². The van der Waals surface area contributed by atoms with Crippen LogP contribution in [0.1, 0.15) is 19.4 Å². The molecule has 0 saturated carbocycles. The first-order chi connectivity index (χ1) is 10.7. The third kappa shape index (κ3) is 4.45. The van der Waals surface area contributed by atoms with Gasteiger partial charge in [-0.1, -0.05) is 15.9 Å². The molecule has 8 heteroatoms. The maximum Gasteiger partial charge on any atom is 0.282 e. The SMILES string of the molecule is COc1ccc(Br)cc1CN(C)S(=O)(=O)N1C[C@@H](C)O[C@@H](C)C1. The van der Waals surface area contributed by atoms with Crippen LogP contribution < -0.4 is 4.74 Å². The minimum Gasteiger partial charge on any atom is -0.496 e. The summed E-state index contributed by atoms with van der Waals surface area (Å²) in [5, 5.41) is 0. The predicted octanol–water partition coefficient (Wildman–Crippen LogP) is 2.24. The van der Waals surface area contributed by atoms with Gasteiger partial charge in [0.1, 0.15) is 5.75 Å². The molecule has 6 nitrogen and oxygen atoms in total. The van der Waals surface area contributed by atoms with E-state index in [4.69, 9.17) is 9.47 Å². The molecule has 0 N–H and O–H groups in total. The molecular weight excluding hydrogens is 384 g/mol. The Kier molecular flexibility index (Phi) is 6.07. The van der Waals surface area contributed by atoms with Crippen molar-refractivity contribution in [3.05, 3.63) is 28.2 Å². The minimum absolute atomic E-state index is 0.109. The number of ether oxygens (including phenoxy) is 2. The Balaban J connectivity index is 2.19. The summed E-state index contributed by atoms with van der Waals surface area (Å²) in [7, 11) is -0.388. The minimum atomic E-state index is -3.55. The summed E-state index contributed by atoms with van der Waals surface area (Å²) >= 11 is 3.41. The first kappa shape index (κ1) is 18.7. The molecular formula is C15H23BrN2O4S. The highest BCUT2D eigenvalue weighted by Crippen LogP contribution is 2.26. The average Bonchev–Trinajstić information content (AvgIpc) is 2.46. The van der Waals surface area contributed by atoms with Crippen molar-refractivity contribution >= 4 is 26.1 Å². The molecule has 1 fully saturated rings. The van der Waals surface area contributed by atoms with E-state index in [1.165, 1.54) is 8.61 Å². The lowest BCUT2D eigenvalue weighted by molar-refractivity contribution is -0.0453.